The van der Waals surface area contributed by atoms with Gasteiger partial charge in [-0.25, -0.2) is 0 Å². The fourth-order valence-corrected chi connectivity index (χ4v) is 1.74. The third kappa shape index (κ3) is 1.33. The fraction of sp³-hybridized carbons (Fsp3) is 0.600. The number of nitrogens with zero attached hydrogens (tertiary/aromatic N) is 2. The molecule has 0 spiro atoms. The predicted octanol–water partition coefficient (Wildman–Crippen LogP) is 1.91. The van der Waals surface area contributed by atoms with Crippen LogP contribution in [0.3, 0.4) is 0 Å². The van der Waals surface area contributed by atoms with Crippen molar-refractivity contribution in [2.45, 2.75) is 33.1 Å². The minimum Gasteiger partial charge on any atom is -0.258 e. The van der Waals surface area contributed by atoms with Crippen LogP contribution in [-0.2, 0) is 12.8 Å². The van der Waals surface area contributed by atoms with Gasteiger partial charge in [0.1, 0.15) is 0 Å². The van der Waals surface area contributed by atoms with E-state index in [2.05, 4.69) is 16.9 Å². The number of aryl methyl sites for hydroxylation is 2. The van der Waals surface area contributed by atoms with Crippen molar-refractivity contribution < 1.29 is 0 Å². The van der Waals surface area contributed by atoms with Gasteiger partial charge in [0.2, 0.25) is 0 Å². The van der Waals surface area contributed by atoms with Crippen LogP contribution in [0.25, 0.3) is 0 Å². The molecule has 1 aliphatic carbocycles. The van der Waals surface area contributed by atoms with Crippen molar-refractivity contribution in [3.63, 3.8) is 0 Å². The quantitative estimate of drug-likeness (QED) is 0.582. The van der Waals surface area contributed by atoms with E-state index in [4.69, 9.17) is 0 Å². The summed E-state index contributed by atoms with van der Waals surface area (Å²) in [4.78, 5) is 8.89. The van der Waals surface area contributed by atoms with Gasteiger partial charge in [-0.2, -0.15) is 0 Å². The summed E-state index contributed by atoms with van der Waals surface area (Å²) in [5.74, 6) is 0.787. The van der Waals surface area contributed by atoms with Crippen molar-refractivity contribution in [1.29, 1.82) is 0 Å². The van der Waals surface area contributed by atoms with Gasteiger partial charge in [-0.15, -0.1) is 0 Å². The lowest BCUT2D eigenvalue weighted by atomic mass is 9.91. The maximum atomic E-state index is 4.49. The SMILES string of the molecule is Cc1cnc2c(n1)CCC(C)C2. The molecule has 64 valence electrons. The molecule has 2 heteroatoms. The second-order valence-corrected chi connectivity index (χ2v) is 3.75. The molecule has 12 heavy (non-hydrogen) atoms. The highest BCUT2D eigenvalue weighted by molar-refractivity contribution is 5.16. The van der Waals surface area contributed by atoms with Crippen LogP contribution in [0, 0.1) is 12.8 Å². The van der Waals surface area contributed by atoms with Crippen molar-refractivity contribution in [3.8, 4) is 0 Å². The highest BCUT2D eigenvalue weighted by Gasteiger charge is 2.16. The van der Waals surface area contributed by atoms with E-state index in [9.17, 15) is 0 Å². The van der Waals surface area contributed by atoms with E-state index >= 15 is 0 Å². The fourth-order valence-electron chi connectivity index (χ4n) is 1.74. The second-order valence-electron chi connectivity index (χ2n) is 3.75. The third-order valence-electron chi connectivity index (χ3n) is 2.47. The Bertz CT molecular complexity index is 294. The Morgan fingerprint density at radius 1 is 1.42 bits per heavy atom. The molecule has 0 saturated carbocycles. The number of aromatic nitrogens is 2. The molecule has 1 unspecified atom stereocenters. The summed E-state index contributed by atoms with van der Waals surface area (Å²) in [6, 6.07) is 0. The van der Waals surface area contributed by atoms with Crippen molar-refractivity contribution in [2.75, 3.05) is 0 Å². The number of hydrogen-bond donors (Lipinski definition) is 0. The summed E-state index contributed by atoms with van der Waals surface area (Å²) < 4.78 is 0. The molecular weight excluding hydrogens is 148 g/mol. The van der Waals surface area contributed by atoms with Crippen molar-refractivity contribution >= 4 is 0 Å². The topological polar surface area (TPSA) is 25.8 Å². The second kappa shape index (κ2) is 2.85. The predicted molar refractivity (Wildman–Crippen MR) is 48.0 cm³/mol. The van der Waals surface area contributed by atoms with Crippen molar-refractivity contribution in [2.24, 2.45) is 5.92 Å². The van der Waals surface area contributed by atoms with E-state index in [1.807, 2.05) is 13.1 Å². The Kier molecular flexibility index (Phi) is 1.83. The van der Waals surface area contributed by atoms with E-state index in [1.54, 1.807) is 0 Å². The smallest absolute Gasteiger partial charge is 0.0622 e. The maximum Gasteiger partial charge on any atom is 0.0622 e. The molecule has 1 aromatic heterocycles. The average molecular weight is 162 g/mol. The molecular formula is C10H14N2. The van der Waals surface area contributed by atoms with Crippen molar-refractivity contribution in [3.05, 3.63) is 23.3 Å². The van der Waals surface area contributed by atoms with Crippen molar-refractivity contribution in [1.82, 2.24) is 9.97 Å². The molecule has 2 rings (SSSR count). The van der Waals surface area contributed by atoms with Gasteiger partial charge in [0.25, 0.3) is 0 Å². The van der Waals surface area contributed by atoms with Crippen LogP contribution in [0.15, 0.2) is 6.20 Å². The molecule has 1 aromatic rings. The zero-order valence-corrected chi connectivity index (χ0v) is 7.67. The molecule has 0 radical (unpaired) electrons. The van der Waals surface area contributed by atoms with Gasteiger partial charge in [-0.3, -0.25) is 9.97 Å². The molecule has 0 saturated heterocycles. The standard InChI is InChI=1S/C10H14N2/c1-7-3-4-9-10(5-7)11-6-8(2)12-9/h6-7H,3-5H2,1-2H3. The van der Waals surface area contributed by atoms with Gasteiger partial charge in [-0.1, -0.05) is 6.92 Å². The Hall–Kier alpha value is -0.920. The van der Waals surface area contributed by atoms with Crippen LogP contribution >= 0.6 is 0 Å². The molecule has 0 amide bonds. The van der Waals surface area contributed by atoms with Crippen LogP contribution < -0.4 is 0 Å². The normalized spacial score (nSPS) is 22.0. The molecule has 0 N–H and O–H groups in total. The van der Waals surface area contributed by atoms with Gasteiger partial charge in [0.05, 0.1) is 17.1 Å². The maximum absolute atomic E-state index is 4.49. The van der Waals surface area contributed by atoms with E-state index in [1.165, 1.54) is 17.8 Å². The molecule has 1 heterocycles. The lowest BCUT2D eigenvalue weighted by Gasteiger charge is -2.19. The molecule has 1 atom stereocenters. The van der Waals surface area contributed by atoms with Gasteiger partial charge < -0.3 is 0 Å². The summed E-state index contributed by atoms with van der Waals surface area (Å²) >= 11 is 0. The number of hydrogen-bond acceptors (Lipinski definition) is 2. The highest BCUT2D eigenvalue weighted by atomic mass is 14.8. The molecule has 1 aliphatic rings. The lowest BCUT2D eigenvalue weighted by Crippen LogP contribution is -2.14. The molecule has 2 nitrogen and oxygen atoms in total. The van der Waals surface area contributed by atoms with Crippen LogP contribution in [0.5, 0.6) is 0 Å². The first-order valence-corrected chi connectivity index (χ1v) is 4.57. The van der Waals surface area contributed by atoms with E-state index in [0.717, 1.165) is 24.5 Å². The Balaban J connectivity index is 2.37. The summed E-state index contributed by atoms with van der Waals surface area (Å²) in [6.45, 7) is 4.29. The van der Waals surface area contributed by atoms with Gasteiger partial charge >= 0.3 is 0 Å². The largest absolute Gasteiger partial charge is 0.258 e. The van der Waals surface area contributed by atoms with Crippen LogP contribution in [0.4, 0.5) is 0 Å². The van der Waals surface area contributed by atoms with Gasteiger partial charge in [0.15, 0.2) is 0 Å². The van der Waals surface area contributed by atoms with Crippen LogP contribution in [0.2, 0.25) is 0 Å². The average Bonchev–Trinajstić information content (AvgIpc) is 2.05. The van der Waals surface area contributed by atoms with E-state index < -0.39 is 0 Å². The van der Waals surface area contributed by atoms with Gasteiger partial charge in [-0.05, 0) is 32.1 Å². The van der Waals surface area contributed by atoms with Crippen LogP contribution in [0.1, 0.15) is 30.4 Å². The minimum absolute atomic E-state index is 0.787. The van der Waals surface area contributed by atoms with E-state index in [0.29, 0.717) is 0 Å². The summed E-state index contributed by atoms with van der Waals surface area (Å²) in [5, 5.41) is 0. The summed E-state index contributed by atoms with van der Waals surface area (Å²) in [7, 11) is 0. The zero-order valence-electron chi connectivity index (χ0n) is 7.67. The summed E-state index contributed by atoms with van der Waals surface area (Å²) in [6.07, 6.45) is 5.37. The number of rotatable bonds is 0. The van der Waals surface area contributed by atoms with E-state index in [-0.39, 0.29) is 0 Å². The molecule has 0 aromatic carbocycles. The Morgan fingerprint density at radius 2 is 2.25 bits per heavy atom. The molecule has 0 fully saturated rings. The Labute approximate surface area is 73.1 Å². The first kappa shape index (κ1) is 7.71. The highest BCUT2D eigenvalue weighted by Crippen LogP contribution is 2.21. The Morgan fingerprint density at radius 3 is 3.08 bits per heavy atom. The molecule has 0 bridgehead atoms. The first-order chi connectivity index (χ1) is 5.75. The van der Waals surface area contributed by atoms with Gasteiger partial charge in [0, 0.05) is 6.20 Å². The summed E-state index contributed by atoms with van der Waals surface area (Å²) in [5.41, 5.74) is 3.50. The minimum atomic E-state index is 0.787. The van der Waals surface area contributed by atoms with Crippen LogP contribution in [-0.4, -0.2) is 9.97 Å². The monoisotopic (exact) mass is 162 g/mol. The first-order valence-electron chi connectivity index (χ1n) is 4.57. The zero-order chi connectivity index (χ0) is 8.55. The molecule has 0 aliphatic heterocycles. The lowest BCUT2D eigenvalue weighted by molar-refractivity contribution is 0.483. The third-order valence-corrected chi connectivity index (χ3v) is 2.47. The number of fused-ring (bicyclic) bond motifs is 1.